The lowest BCUT2D eigenvalue weighted by Crippen LogP contribution is -2.32. The number of rotatable bonds is 6. The van der Waals surface area contributed by atoms with Crippen LogP contribution in [0.25, 0.3) is 10.9 Å². The second-order valence-corrected chi connectivity index (χ2v) is 4.42. The largest absolute Gasteiger partial charge is 0.351 e. The molecule has 0 aliphatic rings. The van der Waals surface area contributed by atoms with Crippen LogP contribution in [0.15, 0.2) is 36.5 Å². The van der Waals surface area contributed by atoms with Crippen LogP contribution < -0.4 is 10.6 Å². The molecule has 0 aliphatic heterocycles. The van der Waals surface area contributed by atoms with Crippen molar-refractivity contribution in [3.8, 4) is 0 Å². The van der Waals surface area contributed by atoms with E-state index in [0.29, 0.717) is 12.1 Å². The van der Waals surface area contributed by atoms with Gasteiger partial charge in [0.25, 0.3) is 5.91 Å². The first kappa shape index (κ1) is 19.6. The number of carbonyl (C=O) groups is 1. The minimum atomic E-state index is -0.0379. The number of hydrogen-bond donors (Lipinski definition) is 2. The van der Waals surface area contributed by atoms with Crippen molar-refractivity contribution >= 4 is 41.6 Å². The van der Waals surface area contributed by atoms with E-state index in [-0.39, 0.29) is 30.7 Å². The summed E-state index contributed by atoms with van der Waals surface area (Å²) in [4.78, 5) is 16.2. The molecule has 1 amide bonds. The van der Waals surface area contributed by atoms with Gasteiger partial charge in [-0.3, -0.25) is 9.78 Å². The van der Waals surface area contributed by atoms with E-state index < -0.39 is 0 Å². The van der Waals surface area contributed by atoms with E-state index in [1.54, 1.807) is 6.20 Å². The Morgan fingerprint density at radius 1 is 1.14 bits per heavy atom. The molecule has 0 atom stereocenters. The standard InChI is InChI=1S/C15H19N3O.2ClH/c1-2-7-16-9-10-18-15(19)13-5-6-14-12(11-13)4-3-8-17-14;;/h3-6,8,11,16H,2,7,9-10H2,1H3,(H,18,19);2*1H. The van der Waals surface area contributed by atoms with Crippen LogP contribution in [0.2, 0.25) is 0 Å². The van der Waals surface area contributed by atoms with Crippen molar-refractivity contribution in [3.63, 3.8) is 0 Å². The van der Waals surface area contributed by atoms with E-state index in [0.717, 1.165) is 30.4 Å². The van der Waals surface area contributed by atoms with Gasteiger partial charge < -0.3 is 10.6 Å². The monoisotopic (exact) mass is 329 g/mol. The highest BCUT2D eigenvalue weighted by molar-refractivity contribution is 5.97. The Morgan fingerprint density at radius 2 is 1.95 bits per heavy atom. The van der Waals surface area contributed by atoms with Crippen molar-refractivity contribution in [2.45, 2.75) is 13.3 Å². The predicted molar refractivity (Wildman–Crippen MR) is 91.7 cm³/mol. The third kappa shape index (κ3) is 5.87. The highest BCUT2D eigenvalue weighted by atomic mass is 35.5. The molecule has 0 unspecified atom stereocenters. The summed E-state index contributed by atoms with van der Waals surface area (Å²) < 4.78 is 0. The van der Waals surface area contributed by atoms with Crippen molar-refractivity contribution in [2.24, 2.45) is 0 Å². The number of carbonyl (C=O) groups excluding carboxylic acids is 1. The third-order valence-electron chi connectivity index (χ3n) is 2.88. The molecule has 21 heavy (non-hydrogen) atoms. The van der Waals surface area contributed by atoms with Crippen molar-refractivity contribution in [2.75, 3.05) is 19.6 Å². The normalized spacial score (nSPS) is 9.57. The summed E-state index contributed by atoms with van der Waals surface area (Å²) in [5.41, 5.74) is 1.58. The highest BCUT2D eigenvalue weighted by Crippen LogP contribution is 2.12. The maximum atomic E-state index is 12.0. The Morgan fingerprint density at radius 3 is 2.71 bits per heavy atom. The fourth-order valence-corrected chi connectivity index (χ4v) is 1.89. The zero-order valence-corrected chi connectivity index (χ0v) is 13.6. The Kier molecular flexibility index (Phi) is 9.71. The predicted octanol–water partition coefficient (Wildman–Crippen LogP) is 2.81. The number of hydrogen-bond acceptors (Lipinski definition) is 3. The summed E-state index contributed by atoms with van der Waals surface area (Å²) in [6, 6.07) is 9.39. The molecule has 0 saturated heterocycles. The number of benzene rings is 1. The lowest BCUT2D eigenvalue weighted by atomic mass is 10.1. The van der Waals surface area contributed by atoms with E-state index >= 15 is 0 Å². The maximum absolute atomic E-state index is 12.0. The Balaban J connectivity index is 0.00000200. The summed E-state index contributed by atoms with van der Waals surface area (Å²) >= 11 is 0. The number of pyridine rings is 1. The second-order valence-electron chi connectivity index (χ2n) is 4.42. The molecule has 2 aromatic rings. The number of aromatic nitrogens is 1. The number of fused-ring (bicyclic) bond motifs is 1. The van der Waals surface area contributed by atoms with Crippen LogP contribution in [0.3, 0.4) is 0 Å². The van der Waals surface area contributed by atoms with Crippen LogP contribution in [0.4, 0.5) is 0 Å². The molecule has 6 heteroatoms. The zero-order chi connectivity index (χ0) is 13.5. The summed E-state index contributed by atoms with van der Waals surface area (Å²) in [7, 11) is 0. The number of amides is 1. The molecular weight excluding hydrogens is 309 g/mol. The van der Waals surface area contributed by atoms with Crippen LogP contribution in [-0.2, 0) is 0 Å². The Bertz CT molecular complexity index is 563. The third-order valence-corrected chi connectivity index (χ3v) is 2.88. The van der Waals surface area contributed by atoms with Gasteiger partial charge in [-0.1, -0.05) is 13.0 Å². The molecule has 0 saturated carbocycles. The van der Waals surface area contributed by atoms with Crippen molar-refractivity contribution < 1.29 is 4.79 Å². The second kappa shape index (κ2) is 10.4. The zero-order valence-electron chi connectivity index (χ0n) is 12.0. The lowest BCUT2D eigenvalue weighted by Gasteiger charge is -2.06. The van der Waals surface area contributed by atoms with E-state index in [9.17, 15) is 4.79 Å². The van der Waals surface area contributed by atoms with Crippen LogP contribution in [0, 0.1) is 0 Å². The maximum Gasteiger partial charge on any atom is 0.251 e. The van der Waals surface area contributed by atoms with Crippen LogP contribution in [-0.4, -0.2) is 30.5 Å². The minimum absolute atomic E-state index is 0. The molecule has 0 bridgehead atoms. The molecule has 2 N–H and O–H groups in total. The topological polar surface area (TPSA) is 54.0 Å². The van der Waals surface area contributed by atoms with Gasteiger partial charge in [-0.05, 0) is 37.2 Å². The van der Waals surface area contributed by atoms with E-state index in [4.69, 9.17) is 0 Å². The van der Waals surface area contributed by atoms with Gasteiger partial charge in [0.15, 0.2) is 0 Å². The molecule has 2 rings (SSSR count). The Labute approximate surface area is 137 Å². The van der Waals surface area contributed by atoms with Gasteiger partial charge in [0.05, 0.1) is 5.52 Å². The van der Waals surface area contributed by atoms with Gasteiger partial charge in [0, 0.05) is 30.2 Å². The molecule has 1 aromatic heterocycles. The summed E-state index contributed by atoms with van der Waals surface area (Å²) in [5, 5.41) is 7.13. The first-order valence-corrected chi connectivity index (χ1v) is 6.65. The van der Waals surface area contributed by atoms with Crippen LogP contribution in [0.1, 0.15) is 23.7 Å². The molecule has 1 heterocycles. The number of nitrogens with zero attached hydrogens (tertiary/aromatic N) is 1. The summed E-state index contributed by atoms with van der Waals surface area (Å²) in [5.74, 6) is -0.0379. The van der Waals surface area contributed by atoms with Gasteiger partial charge >= 0.3 is 0 Å². The number of nitrogens with one attached hydrogen (secondary N) is 2. The van der Waals surface area contributed by atoms with Crippen molar-refractivity contribution in [3.05, 3.63) is 42.1 Å². The van der Waals surface area contributed by atoms with Crippen LogP contribution in [0.5, 0.6) is 0 Å². The van der Waals surface area contributed by atoms with Gasteiger partial charge in [0.2, 0.25) is 0 Å². The molecule has 0 aliphatic carbocycles. The molecule has 0 spiro atoms. The van der Waals surface area contributed by atoms with Gasteiger partial charge in [-0.15, -0.1) is 24.8 Å². The van der Waals surface area contributed by atoms with E-state index in [1.165, 1.54) is 0 Å². The van der Waals surface area contributed by atoms with Gasteiger partial charge in [-0.2, -0.15) is 0 Å². The molecule has 1 aromatic carbocycles. The summed E-state index contributed by atoms with van der Waals surface area (Å²) in [6.07, 6.45) is 2.85. The molecular formula is C15H21Cl2N3O. The average Bonchev–Trinajstić information content (AvgIpc) is 2.46. The Hall–Kier alpha value is -1.36. The van der Waals surface area contributed by atoms with Crippen LogP contribution >= 0.6 is 24.8 Å². The molecule has 116 valence electrons. The smallest absolute Gasteiger partial charge is 0.251 e. The van der Waals surface area contributed by atoms with Gasteiger partial charge in [0.1, 0.15) is 0 Å². The van der Waals surface area contributed by atoms with E-state index in [1.807, 2.05) is 30.3 Å². The summed E-state index contributed by atoms with van der Waals surface area (Å²) in [6.45, 7) is 4.55. The van der Waals surface area contributed by atoms with E-state index in [2.05, 4.69) is 22.5 Å². The van der Waals surface area contributed by atoms with Crippen molar-refractivity contribution in [1.29, 1.82) is 0 Å². The fourth-order valence-electron chi connectivity index (χ4n) is 1.89. The first-order chi connectivity index (χ1) is 9.31. The number of halogens is 2. The minimum Gasteiger partial charge on any atom is -0.351 e. The first-order valence-electron chi connectivity index (χ1n) is 6.65. The molecule has 0 radical (unpaired) electrons. The lowest BCUT2D eigenvalue weighted by molar-refractivity contribution is 0.0954. The van der Waals surface area contributed by atoms with Gasteiger partial charge in [-0.25, -0.2) is 0 Å². The SMILES string of the molecule is CCCNCCNC(=O)c1ccc2ncccc2c1.Cl.Cl. The quantitative estimate of drug-likeness (QED) is 0.801. The average molecular weight is 330 g/mol. The molecule has 4 nitrogen and oxygen atoms in total. The molecule has 0 fully saturated rings. The fraction of sp³-hybridized carbons (Fsp3) is 0.333. The van der Waals surface area contributed by atoms with Crippen molar-refractivity contribution in [1.82, 2.24) is 15.6 Å². The highest BCUT2D eigenvalue weighted by Gasteiger charge is 2.05.